The minimum Gasteiger partial charge on any atom is -0.494 e. The topological polar surface area (TPSA) is 60.4 Å². The van der Waals surface area contributed by atoms with Gasteiger partial charge in [0.1, 0.15) is 11.5 Å². The van der Waals surface area contributed by atoms with E-state index in [2.05, 4.69) is 0 Å². The predicted octanol–water partition coefficient (Wildman–Crippen LogP) is 2.48. The second-order valence-corrected chi connectivity index (χ2v) is 6.83. The van der Waals surface area contributed by atoms with Crippen LogP contribution in [0.25, 0.3) is 0 Å². The Balaban J connectivity index is 2.79. The molecule has 1 aromatic carbocycles. The van der Waals surface area contributed by atoms with Gasteiger partial charge < -0.3 is 4.74 Å². The van der Waals surface area contributed by atoms with Crippen molar-refractivity contribution in [3.05, 3.63) is 29.8 Å². The summed E-state index contributed by atoms with van der Waals surface area (Å²) in [5, 5.41) is -0.487. The molecule has 0 fully saturated rings. The summed E-state index contributed by atoms with van der Waals surface area (Å²) in [5.41, 5.74) is 0.398. The second-order valence-electron chi connectivity index (χ2n) is 4.41. The van der Waals surface area contributed by atoms with Gasteiger partial charge in [-0.05, 0) is 44.5 Å². The van der Waals surface area contributed by atoms with Crippen LogP contribution in [-0.4, -0.2) is 31.8 Å². The highest BCUT2D eigenvalue weighted by Gasteiger charge is 2.23. The molecule has 4 nitrogen and oxygen atoms in total. The van der Waals surface area contributed by atoms with Crippen LogP contribution in [0.5, 0.6) is 5.75 Å². The van der Waals surface area contributed by atoms with Gasteiger partial charge in [0.2, 0.25) is 0 Å². The zero-order chi connectivity index (χ0) is 14.5. The molecule has 0 saturated heterocycles. The van der Waals surface area contributed by atoms with E-state index in [1.165, 1.54) is 0 Å². The molecule has 1 rings (SSSR count). The monoisotopic (exact) mass is 284 g/mol. The first-order valence-corrected chi connectivity index (χ1v) is 8.09. The third-order valence-corrected chi connectivity index (χ3v) is 5.23. The molecule has 19 heavy (non-hydrogen) atoms. The van der Waals surface area contributed by atoms with Crippen molar-refractivity contribution in [3.8, 4) is 5.75 Å². The van der Waals surface area contributed by atoms with Gasteiger partial charge in [0.25, 0.3) is 0 Å². The van der Waals surface area contributed by atoms with Gasteiger partial charge >= 0.3 is 0 Å². The summed E-state index contributed by atoms with van der Waals surface area (Å²) >= 11 is 0. The molecule has 0 N–H and O–H groups in total. The molecule has 5 heteroatoms. The Morgan fingerprint density at radius 3 is 2.26 bits per heavy atom. The fourth-order valence-electron chi connectivity index (χ4n) is 1.57. The number of hydrogen-bond donors (Lipinski definition) is 0. The summed E-state index contributed by atoms with van der Waals surface area (Å²) in [4.78, 5) is 11.9. The number of Topliss-reactive ketones (excluding diaryl/α,β-unsaturated/α-hetero) is 1. The molecule has 106 valence electrons. The van der Waals surface area contributed by atoms with Crippen molar-refractivity contribution < 1.29 is 17.9 Å². The molecule has 1 atom stereocenters. The third kappa shape index (κ3) is 4.35. The van der Waals surface area contributed by atoms with Crippen LogP contribution < -0.4 is 4.74 Å². The van der Waals surface area contributed by atoms with Crippen molar-refractivity contribution in [2.45, 2.75) is 32.4 Å². The lowest BCUT2D eigenvalue weighted by molar-refractivity contribution is 0.102. The molecule has 0 radical (unpaired) electrons. The zero-order valence-corrected chi connectivity index (χ0v) is 12.4. The van der Waals surface area contributed by atoms with E-state index in [4.69, 9.17) is 4.74 Å². The zero-order valence-electron chi connectivity index (χ0n) is 11.5. The predicted molar refractivity (Wildman–Crippen MR) is 75.5 cm³/mol. The number of carbonyl (C=O) groups is 1. The number of benzene rings is 1. The first kappa shape index (κ1) is 15.7. The fraction of sp³-hybridized carbons (Fsp3) is 0.500. The first-order chi connectivity index (χ1) is 8.90. The maximum absolute atomic E-state index is 11.9. The highest BCUT2D eigenvalue weighted by Crippen LogP contribution is 2.14. The average Bonchev–Trinajstić information content (AvgIpc) is 2.38. The summed E-state index contributed by atoms with van der Waals surface area (Å²) in [5.74, 6) is -0.136. The molecule has 0 aliphatic rings. The minimum absolute atomic E-state index is 0.372. The molecular formula is C14H20O4S. The van der Waals surface area contributed by atoms with Crippen molar-refractivity contribution in [2.75, 3.05) is 12.4 Å². The van der Waals surface area contributed by atoms with Crippen molar-refractivity contribution in [3.63, 3.8) is 0 Å². The number of hydrogen-bond acceptors (Lipinski definition) is 4. The van der Waals surface area contributed by atoms with Crippen molar-refractivity contribution in [1.82, 2.24) is 0 Å². The molecule has 0 aliphatic heterocycles. The lowest BCUT2D eigenvalue weighted by Gasteiger charge is -2.10. The van der Waals surface area contributed by atoms with E-state index in [0.29, 0.717) is 24.3 Å². The Bertz CT molecular complexity index is 517. The van der Waals surface area contributed by atoms with E-state index in [1.807, 2.05) is 6.92 Å². The Morgan fingerprint density at radius 1 is 1.21 bits per heavy atom. The van der Waals surface area contributed by atoms with Crippen LogP contribution in [0.15, 0.2) is 24.3 Å². The molecule has 0 spiro atoms. The Labute approximate surface area is 114 Å². The molecule has 0 aliphatic carbocycles. The molecule has 0 bridgehead atoms. The molecule has 0 amide bonds. The van der Waals surface area contributed by atoms with Gasteiger partial charge in [0, 0.05) is 5.56 Å². The van der Waals surface area contributed by atoms with E-state index < -0.39 is 20.8 Å². The quantitative estimate of drug-likeness (QED) is 0.722. The second kappa shape index (κ2) is 6.70. The molecular weight excluding hydrogens is 264 g/mol. The maximum atomic E-state index is 11.9. The summed E-state index contributed by atoms with van der Waals surface area (Å²) in [6.07, 6.45) is 0.513. The Kier molecular flexibility index (Phi) is 5.54. The van der Waals surface area contributed by atoms with Crippen molar-refractivity contribution in [1.29, 1.82) is 0 Å². The number of carbonyl (C=O) groups excluding carboxylic acids is 1. The molecule has 1 unspecified atom stereocenters. The summed E-state index contributed by atoms with van der Waals surface area (Å²) in [6, 6.07) is 6.54. The Morgan fingerprint density at radius 2 is 1.79 bits per heavy atom. The molecule has 0 heterocycles. The van der Waals surface area contributed by atoms with Gasteiger partial charge in [0.15, 0.2) is 15.6 Å². The van der Waals surface area contributed by atoms with Crippen LogP contribution in [0.2, 0.25) is 0 Å². The van der Waals surface area contributed by atoms with Gasteiger partial charge in [-0.1, -0.05) is 6.92 Å². The van der Waals surface area contributed by atoms with Gasteiger partial charge in [0.05, 0.1) is 11.9 Å². The van der Waals surface area contributed by atoms with Gasteiger partial charge in [-0.3, -0.25) is 4.79 Å². The van der Waals surface area contributed by atoms with Crippen LogP contribution in [0, 0.1) is 0 Å². The molecule has 0 saturated carbocycles. The highest BCUT2D eigenvalue weighted by atomic mass is 32.2. The summed E-state index contributed by atoms with van der Waals surface area (Å²) in [7, 11) is -3.36. The number of ether oxygens (including phenoxy) is 1. The van der Waals surface area contributed by atoms with Crippen LogP contribution >= 0.6 is 0 Å². The Hall–Kier alpha value is -1.36. The van der Waals surface area contributed by atoms with Crippen LogP contribution in [0.1, 0.15) is 37.6 Å². The highest BCUT2D eigenvalue weighted by molar-refractivity contribution is 7.92. The van der Waals surface area contributed by atoms with Crippen LogP contribution in [0.4, 0.5) is 0 Å². The van der Waals surface area contributed by atoms with Gasteiger partial charge in [-0.25, -0.2) is 8.42 Å². The van der Waals surface area contributed by atoms with Crippen LogP contribution in [-0.2, 0) is 9.84 Å². The molecule has 0 aromatic heterocycles. The van der Waals surface area contributed by atoms with Gasteiger partial charge in [-0.2, -0.15) is 0 Å². The average molecular weight is 284 g/mol. The largest absolute Gasteiger partial charge is 0.494 e. The lowest BCUT2D eigenvalue weighted by Crippen LogP contribution is -2.25. The lowest BCUT2D eigenvalue weighted by atomic mass is 10.1. The van der Waals surface area contributed by atoms with Crippen molar-refractivity contribution in [2.24, 2.45) is 0 Å². The van der Waals surface area contributed by atoms with E-state index in [0.717, 1.165) is 0 Å². The summed E-state index contributed by atoms with van der Waals surface area (Å²) in [6.45, 7) is 5.85. The van der Waals surface area contributed by atoms with Gasteiger partial charge in [-0.15, -0.1) is 0 Å². The maximum Gasteiger partial charge on any atom is 0.177 e. The van der Waals surface area contributed by atoms with Crippen LogP contribution in [0.3, 0.4) is 0 Å². The normalized spacial score (nSPS) is 13.0. The smallest absolute Gasteiger partial charge is 0.177 e. The first-order valence-electron chi connectivity index (χ1n) is 6.38. The number of sulfone groups is 1. The number of ketones is 1. The number of rotatable bonds is 7. The van der Waals surface area contributed by atoms with E-state index in [-0.39, 0.29) is 5.78 Å². The van der Waals surface area contributed by atoms with Crippen molar-refractivity contribution >= 4 is 15.6 Å². The van der Waals surface area contributed by atoms with E-state index >= 15 is 0 Å². The van der Waals surface area contributed by atoms with E-state index in [1.54, 1.807) is 38.1 Å². The minimum atomic E-state index is -3.36. The SMILES string of the molecule is CCOc1ccc(C(=O)CS(=O)(=O)C(C)CC)cc1. The molecule has 1 aromatic rings. The third-order valence-electron chi connectivity index (χ3n) is 3.01. The fourth-order valence-corrected chi connectivity index (χ4v) is 2.89. The van der Waals surface area contributed by atoms with E-state index in [9.17, 15) is 13.2 Å². The summed E-state index contributed by atoms with van der Waals surface area (Å²) < 4.78 is 29.0. The standard InChI is InChI=1S/C14H20O4S/c1-4-11(3)19(16,17)10-14(15)12-6-8-13(9-7-12)18-5-2/h6-9,11H,4-5,10H2,1-3H3.